The zero-order chi connectivity index (χ0) is 20.7. The van der Waals surface area contributed by atoms with Crippen molar-refractivity contribution in [1.82, 2.24) is 19.9 Å². The maximum atomic E-state index is 12.0. The first kappa shape index (κ1) is 18.5. The van der Waals surface area contributed by atoms with Crippen LogP contribution in [0.15, 0.2) is 66.9 Å². The van der Waals surface area contributed by atoms with Gasteiger partial charge in [0.2, 0.25) is 5.82 Å². The molecule has 6 heteroatoms. The molecule has 0 atom stereocenters. The van der Waals surface area contributed by atoms with Crippen LogP contribution in [0.25, 0.3) is 28.0 Å². The van der Waals surface area contributed by atoms with E-state index in [4.69, 9.17) is 5.73 Å². The van der Waals surface area contributed by atoms with Crippen molar-refractivity contribution in [1.29, 1.82) is 0 Å². The number of carbonyl (C=O) groups is 1. The second kappa shape index (κ2) is 7.07. The summed E-state index contributed by atoms with van der Waals surface area (Å²) in [6, 6.07) is 20.6. The Balaban J connectivity index is 1.68. The number of nitrogens with zero attached hydrogens (tertiary/aromatic N) is 3. The van der Waals surface area contributed by atoms with Crippen LogP contribution in [0.5, 0.6) is 0 Å². The topological polar surface area (TPSA) is 85.8 Å². The minimum Gasteiger partial charge on any atom is -0.352 e. The molecule has 1 saturated carbocycles. The third-order valence-corrected chi connectivity index (χ3v) is 6.00. The molecule has 1 amide bonds. The highest BCUT2D eigenvalue weighted by molar-refractivity contribution is 5.93. The van der Waals surface area contributed by atoms with Crippen LogP contribution in [0.1, 0.15) is 35.4 Å². The summed E-state index contributed by atoms with van der Waals surface area (Å²) in [5, 5.41) is 2.58. The van der Waals surface area contributed by atoms with Gasteiger partial charge in [-0.3, -0.25) is 4.79 Å². The van der Waals surface area contributed by atoms with Gasteiger partial charge in [0.25, 0.3) is 5.91 Å². The maximum absolute atomic E-state index is 12.0. The lowest BCUT2D eigenvalue weighted by Crippen LogP contribution is -2.43. The molecule has 0 unspecified atom stereocenters. The SMILES string of the molecule is CNC(=O)c1ncc2c(cc(-c3ccccc3)n2-c2ccc(C3(N)CCC3)cc2)n1. The summed E-state index contributed by atoms with van der Waals surface area (Å²) in [6.07, 6.45) is 4.96. The van der Waals surface area contributed by atoms with Crippen LogP contribution in [0, 0.1) is 0 Å². The van der Waals surface area contributed by atoms with Crippen molar-refractivity contribution in [3.05, 3.63) is 78.2 Å². The van der Waals surface area contributed by atoms with Crippen LogP contribution >= 0.6 is 0 Å². The van der Waals surface area contributed by atoms with Crippen molar-refractivity contribution >= 4 is 16.9 Å². The lowest BCUT2D eigenvalue weighted by Gasteiger charge is -2.38. The smallest absolute Gasteiger partial charge is 0.288 e. The number of nitrogens with two attached hydrogens (primary N) is 1. The van der Waals surface area contributed by atoms with Crippen LogP contribution in [0.4, 0.5) is 0 Å². The van der Waals surface area contributed by atoms with E-state index in [-0.39, 0.29) is 17.3 Å². The van der Waals surface area contributed by atoms with Crippen LogP contribution in [-0.2, 0) is 5.54 Å². The Bertz CT molecular complexity index is 1220. The van der Waals surface area contributed by atoms with Crippen molar-refractivity contribution in [2.75, 3.05) is 7.05 Å². The minimum atomic E-state index is -0.302. The molecule has 30 heavy (non-hydrogen) atoms. The molecule has 2 aromatic carbocycles. The average molecular weight is 397 g/mol. The van der Waals surface area contributed by atoms with E-state index in [0.717, 1.165) is 40.8 Å². The Morgan fingerprint density at radius 2 is 1.83 bits per heavy atom. The van der Waals surface area contributed by atoms with E-state index in [1.807, 2.05) is 24.3 Å². The maximum Gasteiger partial charge on any atom is 0.288 e. The highest BCUT2D eigenvalue weighted by Gasteiger charge is 2.34. The van der Waals surface area contributed by atoms with E-state index in [2.05, 4.69) is 56.3 Å². The van der Waals surface area contributed by atoms with Gasteiger partial charge in [-0.1, -0.05) is 42.5 Å². The fourth-order valence-corrected chi connectivity index (χ4v) is 4.10. The first-order valence-corrected chi connectivity index (χ1v) is 10.1. The Morgan fingerprint density at radius 3 is 2.47 bits per heavy atom. The standard InChI is InChI=1S/C24H23N5O/c1-26-23(30)22-27-15-21-19(28-22)14-20(16-6-3-2-4-7-16)29(21)18-10-8-17(9-11-18)24(25)12-5-13-24/h2-4,6-11,14-15H,5,12-13,25H2,1H3,(H,26,30). The fourth-order valence-electron chi connectivity index (χ4n) is 4.10. The number of nitrogens with one attached hydrogen (secondary N) is 1. The molecule has 0 spiro atoms. The van der Waals surface area contributed by atoms with Gasteiger partial charge >= 0.3 is 0 Å². The molecule has 6 nitrogen and oxygen atoms in total. The molecule has 0 radical (unpaired) electrons. The van der Waals surface area contributed by atoms with Gasteiger partial charge in [0.05, 0.1) is 22.9 Å². The van der Waals surface area contributed by atoms with Gasteiger partial charge in [0.15, 0.2) is 0 Å². The van der Waals surface area contributed by atoms with Gasteiger partial charge in [0, 0.05) is 18.3 Å². The quantitative estimate of drug-likeness (QED) is 0.549. The normalized spacial score (nSPS) is 15.0. The molecule has 5 rings (SSSR count). The molecule has 1 fully saturated rings. The summed E-state index contributed by atoms with van der Waals surface area (Å²) < 4.78 is 2.13. The second-order valence-electron chi connectivity index (χ2n) is 7.83. The molecule has 0 saturated heterocycles. The zero-order valence-corrected chi connectivity index (χ0v) is 16.8. The van der Waals surface area contributed by atoms with Gasteiger partial charge in [-0.2, -0.15) is 0 Å². The van der Waals surface area contributed by atoms with Crippen molar-refractivity contribution in [2.45, 2.75) is 24.8 Å². The molecule has 2 aromatic heterocycles. The van der Waals surface area contributed by atoms with Crippen LogP contribution in [-0.4, -0.2) is 27.5 Å². The van der Waals surface area contributed by atoms with Gasteiger partial charge in [-0.25, -0.2) is 9.97 Å². The number of benzene rings is 2. The molecule has 1 aliphatic rings. The largest absolute Gasteiger partial charge is 0.352 e. The summed E-state index contributed by atoms with van der Waals surface area (Å²) >= 11 is 0. The zero-order valence-electron chi connectivity index (χ0n) is 16.8. The Kier molecular flexibility index (Phi) is 4.37. The summed E-state index contributed by atoms with van der Waals surface area (Å²) in [5.74, 6) is -0.142. The third kappa shape index (κ3) is 2.97. The first-order valence-electron chi connectivity index (χ1n) is 10.1. The first-order chi connectivity index (χ1) is 14.6. The van der Waals surface area contributed by atoms with E-state index in [9.17, 15) is 4.79 Å². The van der Waals surface area contributed by atoms with Crippen LogP contribution in [0.2, 0.25) is 0 Å². The average Bonchev–Trinajstić information content (AvgIpc) is 3.16. The molecule has 1 aliphatic carbocycles. The summed E-state index contributed by atoms with van der Waals surface area (Å²) in [7, 11) is 1.57. The van der Waals surface area contributed by atoms with Crippen molar-refractivity contribution in [2.24, 2.45) is 5.73 Å². The van der Waals surface area contributed by atoms with Gasteiger partial charge in [0.1, 0.15) is 0 Å². The molecule has 3 N–H and O–H groups in total. The second-order valence-corrected chi connectivity index (χ2v) is 7.83. The Morgan fingerprint density at radius 1 is 1.10 bits per heavy atom. The van der Waals surface area contributed by atoms with Gasteiger partial charge in [-0.15, -0.1) is 0 Å². The summed E-state index contributed by atoms with van der Waals surface area (Å²) in [6.45, 7) is 0. The summed E-state index contributed by atoms with van der Waals surface area (Å²) in [4.78, 5) is 20.8. The summed E-state index contributed by atoms with van der Waals surface area (Å²) in [5.41, 5.74) is 12.1. The van der Waals surface area contributed by atoms with Gasteiger partial charge < -0.3 is 15.6 Å². The van der Waals surface area contributed by atoms with E-state index >= 15 is 0 Å². The van der Waals surface area contributed by atoms with E-state index in [1.54, 1.807) is 13.2 Å². The predicted molar refractivity (Wildman–Crippen MR) is 117 cm³/mol. The molecular weight excluding hydrogens is 374 g/mol. The number of aromatic nitrogens is 3. The van der Waals surface area contributed by atoms with Crippen LogP contribution < -0.4 is 11.1 Å². The lowest BCUT2D eigenvalue weighted by atomic mass is 9.73. The van der Waals surface area contributed by atoms with Gasteiger partial charge in [-0.05, 0) is 48.6 Å². The van der Waals surface area contributed by atoms with Crippen molar-refractivity contribution in [3.63, 3.8) is 0 Å². The number of hydrogen-bond donors (Lipinski definition) is 2. The Labute approximate surface area is 174 Å². The molecule has 0 bridgehead atoms. The molecule has 150 valence electrons. The van der Waals surface area contributed by atoms with Crippen LogP contribution in [0.3, 0.4) is 0 Å². The highest BCUT2D eigenvalue weighted by Crippen LogP contribution is 2.39. The fraction of sp³-hybridized carbons (Fsp3) is 0.208. The van der Waals surface area contributed by atoms with Crippen molar-refractivity contribution in [3.8, 4) is 16.9 Å². The van der Waals surface area contributed by atoms with E-state index in [1.165, 1.54) is 12.0 Å². The number of carbonyl (C=O) groups excluding carboxylic acids is 1. The monoisotopic (exact) mass is 397 g/mol. The number of fused-ring (bicyclic) bond motifs is 1. The molecule has 0 aliphatic heterocycles. The lowest BCUT2D eigenvalue weighted by molar-refractivity contribution is 0.0953. The predicted octanol–water partition coefficient (Wildman–Crippen LogP) is 3.79. The van der Waals surface area contributed by atoms with Crippen molar-refractivity contribution < 1.29 is 4.79 Å². The van der Waals surface area contributed by atoms with E-state index in [0.29, 0.717) is 0 Å². The number of hydrogen-bond acceptors (Lipinski definition) is 4. The minimum absolute atomic E-state index is 0.159. The third-order valence-electron chi connectivity index (χ3n) is 6.00. The van der Waals surface area contributed by atoms with E-state index < -0.39 is 0 Å². The molecule has 2 heterocycles. The molecular formula is C24H23N5O. The highest BCUT2D eigenvalue weighted by atomic mass is 16.2. The number of amides is 1. The molecule has 4 aromatic rings. The Hall–Kier alpha value is -3.51. The number of rotatable bonds is 4.